The van der Waals surface area contributed by atoms with E-state index < -0.39 is 0 Å². The second-order valence-electron chi connectivity index (χ2n) is 8.23. The first kappa shape index (κ1) is 26.9. The van der Waals surface area contributed by atoms with Crippen molar-refractivity contribution in [1.29, 1.82) is 0 Å². The third-order valence-electron chi connectivity index (χ3n) is 6.34. The van der Waals surface area contributed by atoms with E-state index in [9.17, 15) is 4.79 Å². The molecule has 0 spiro atoms. The molecule has 2 aliphatic rings. The largest absolute Gasteiger partial charge is 0.449 e. The van der Waals surface area contributed by atoms with E-state index in [2.05, 4.69) is 84.7 Å². The highest BCUT2D eigenvalue weighted by Gasteiger charge is 2.28. The predicted octanol–water partition coefficient (Wildman–Crippen LogP) is 5.65. The van der Waals surface area contributed by atoms with Gasteiger partial charge in [0.05, 0.1) is 0 Å². The number of carbonyl (C=O) groups excluding carboxylic acids is 3. The topological polar surface area (TPSA) is 72.5 Å². The molecule has 4 aromatic rings. The average molecular weight is 487 g/mol. The van der Waals surface area contributed by atoms with E-state index in [-0.39, 0.29) is 26.6 Å². The van der Waals surface area contributed by atoms with Gasteiger partial charge in [0.15, 0.2) is 0 Å². The minimum Gasteiger partial charge on any atom is -0.449 e. The van der Waals surface area contributed by atoms with Crippen LogP contribution >= 0.6 is 0 Å². The summed E-state index contributed by atoms with van der Waals surface area (Å²) in [5.41, 5.74) is 11.3. The standard InChI is InChI=1S/C16H15NO2.C14H10.CO2.BH/c1-17-16(18)19-10-15-13-8-4-2-6-11(13)12-7-3-5-9-14(12)15;1-10-11-6-2-4-8-13(11)14-9-5-3-7-12(10)14;2-1-3;/h2-9,15H,10H2,1H3,(H,17,18);2-9H,1H2;;1H. The Bertz CT molecular complexity index is 1360. The fraction of sp³-hybridized carbons (Fsp3) is 0.0968. The minimum absolute atomic E-state index is 0. The van der Waals surface area contributed by atoms with Gasteiger partial charge in [-0.2, -0.15) is 9.59 Å². The van der Waals surface area contributed by atoms with Gasteiger partial charge in [-0.1, -0.05) is 104 Å². The van der Waals surface area contributed by atoms with Crippen molar-refractivity contribution in [1.82, 2.24) is 5.32 Å². The van der Waals surface area contributed by atoms with Gasteiger partial charge in [-0.25, -0.2) is 4.79 Å². The summed E-state index contributed by atoms with van der Waals surface area (Å²) in [4.78, 5) is 27.5. The Balaban J connectivity index is 0.000000187. The summed E-state index contributed by atoms with van der Waals surface area (Å²) >= 11 is 0. The van der Waals surface area contributed by atoms with E-state index in [4.69, 9.17) is 14.3 Å². The number of hydrogen-bond donors (Lipinski definition) is 1. The van der Waals surface area contributed by atoms with E-state index >= 15 is 0 Å². The van der Waals surface area contributed by atoms with Crippen LogP contribution in [0.5, 0.6) is 0 Å². The van der Waals surface area contributed by atoms with Crippen molar-refractivity contribution in [2.24, 2.45) is 0 Å². The molecule has 0 bridgehead atoms. The molecular weight excluding hydrogens is 461 g/mol. The molecule has 1 N–H and O–H groups in total. The molecule has 0 saturated carbocycles. The monoisotopic (exact) mass is 487 g/mol. The van der Waals surface area contributed by atoms with Crippen LogP contribution in [0.25, 0.3) is 27.8 Å². The number of fused-ring (bicyclic) bond motifs is 6. The molecule has 2 aliphatic carbocycles. The van der Waals surface area contributed by atoms with E-state index in [1.807, 2.05) is 24.3 Å². The van der Waals surface area contributed by atoms with Crippen LogP contribution in [-0.4, -0.2) is 34.3 Å². The molecule has 37 heavy (non-hydrogen) atoms. The molecule has 0 atom stereocenters. The zero-order chi connectivity index (χ0) is 25.5. The van der Waals surface area contributed by atoms with Gasteiger partial charge in [0.2, 0.25) is 0 Å². The molecule has 0 fully saturated rings. The molecule has 5 nitrogen and oxygen atoms in total. The normalized spacial score (nSPS) is 11.4. The number of ether oxygens (including phenoxy) is 1. The highest BCUT2D eigenvalue weighted by molar-refractivity contribution is 6.00. The number of alkyl carbamates (subject to hydrolysis) is 1. The van der Waals surface area contributed by atoms with Crippen LogP contribution in [0, 0.1) is 0 Å². The number of carbonyl (C=O) groups is 1. The van der Waals surface area contributed by atoms with Gasteiger partial charge in [-0.05, 0) is 50.1 Å². The maximum absolute atomic E-state index is 11.3. The van der Waals surface area contributed by atoms with Gasteiger partial charge in [0.25, 0.3) is 0 Å². The quantitative estimate of drug-likeness (QED) is 0.327. The molecule has 6 heteroatoms. The third-order valence-corrected chi connectivity index (χ3v) is 6.34. The maximum Gasteiger partial charge on any atom is 0.406 e. The zero-order valence-corrected chi connectivity index (χ0v) is 20.6. The summed E-state index contributed by atoms with van der Waals surface area (Å²) < 4.78 is 5.24. The molecule has 0 heterocycles. The molecule has 0 saturated heterocycles. The minimum atomic E-state index is -0.387. The third kappa shape index (κ3) is 5.45. The second-order valence-corrected chi connectivity index (χ2v) is 8.23. The number of hydrogen-bond acceptors (Lipinski definition) is 4. The van der Waals surface area contributed by atoms with Gasteiger partial charge in [-0.3, -0.25) is 0 Å². The average Bonchev–Trinajstić information content (AvgIpc) is 3.41. The highest BCUT2D eigenvalue weighted by atomic mass is 16.5. The summed E-state index contributed by atoms with van der Waals surface area (Å²) in [6, 6.07) is 33.5. The molecule has 6 rings (SSSR count). The van der Waals surface area contributed by atoms with Crippen molar-refractivity contribution in [2.45, 2.75) is 5.92 Å². The zero-order valence-electron chi connectivity index (χ0n) is 20.6. The smallest absolute Gasteiger partial charge is 0.406 e. The van der Waals surface area contributed by atoms with E-state index in [0.717, 1.165) is 5.57 Å². The first-order chi connectivity index (χ1) is 17.6. The molecule has 182 valence electrons. The first-order valence-corrected chi connectivity index (χ1v) is 11.5. The number of rotatable bonds is 2. The van der Waals surface area contributed by atoms with Gasteiger partial charge < -0.3 is 10.1 Å². The maximum atomic E-state index is 11.3. The van der Waals surface area contributed by atoms with Gasteiger partial charge in [-0.15, -0.1) is 0 Å². The van der Waals surface area contributed by atoms with Crippen LogP contribution in [0.2, 0.25) is 0 Å². The molecule has 2 radical (unpaired) electrons. The summed E-state index contributed by atoms with van der Waals surface area (Å²) in [6.45, 7) is 4.51. The van der Waals surface area contributed by atoms with Crippen molar-refractivity contribution in [3.05, 3.63) is 126 Å². The van der Waals surface area contributed by atoms with Crippen molar-refractivity contribution in [3.63, 3.8) is 0 Å². The number of amides is 1. The van der Waals surface area contributed by atoms with E-state index in [1.165, 1.54) is 44.5 Å². The number of benzene rings is 4. The summed E-state index contributed by atoms with van der Waals surface area (Å²) in [5.74, 6) is 0.129. The predicted molar refractivity (Wildman–Crippen MR) is 146 cm³/mol. The van der Waals surface area contributed by atoms with Crippen LogP contribution in [-0.2, 0) is 14.3 Å². The Morgan fingerprint density at radius 1 is 0.730 bits per heavy atom. The van der Waals surface area contributed by atoms with Crippen LogP contribution in [0.3, 0.4) is 0 Å². The van der Waals surface area contributed by atoms with Crippen LogP contribution in [0.4, 0.5) is 4.79 Å². The molecule has 1 amide bonds. The second kappa shape index (κ2) is 12.3. The van der Waals surface area contributed by atoms with Crippen molar-refractivity contribution >= 4 is 26.2 Å². The summed E-state index contributed by atoms with van der Waals surface area (Å²) in [7, 11) is 1.57. The van der Waals surface area contributed by atoms with Crippen molar-refractivity contribution in [3.8, 4) is 22.3 Å². The molecule has 4 aromatic carbocycles. The number of nitrogens with one attached hydrogen (secondary N) is 1. The molecular formula is C31H26BNO4. The SMILES string of the molecule is C=C1c2ccccc2-c2ccccc21.CNC(=O)OCC1c2ccccc2-c2ccccc21.O=C=O.[BH]. The fourth-order valence-corrected chi connectivity index (χ4v) is 4.78. The molecule has 0 aromatic heterocycles. The van der Waals surface area contributed by atoms with Crippen molar-refractivity contribution < 1.29 is 19.1 Å². The Kier molecular flexibility index (Phi) is 8.98. The van der Waals surface area contributed by atoms with Crippen LogP contribution < -0.4 is 5.32 Å². The summed E-state index contributed by atoms with van der Waals surface area (Å²) in [6.07, 6.45) is -0.137. The van der Waals surface area contributed by atoms with Gasteiger partial charge in [0, 0.05) is 21.4 Å². The van der Waals surface area contributed by atoms with Crippen LogP contribution in [0.1, 0.15) is 28.2 Å². The van der Waals surface area contributed by atoms with Crippen molar-refractivity contribution in [2.75, 3.05) is 13.7 Å². The summed E-state index contributed by atoms with van der Waals surface area (Å²) in [5, 5.41) is 2.48. The Morgan fingerprint density at radius 3 is 1.49 bits per heavy atom. The Labute approximate surface area is 218 Å². The fourth-order valence-electron chi connectivity index (χ4n) is 4.78. The lowest BCUT2D eigenvalue weighted by Crippen LogP contribution is -2.21. The lowest BCUT2D eigenvalue weighted by molar-refractivity contribution is -0.191. The van der Waals surface area contributed by atoms with Gasteiger partial charge in [0.1, 0.15) is 6.61 Å². The molecule has 0 unspecified atom stereocenters. The Hall–Kier alpha value is -4.67. The van der Waals surface area contributed by atoms with Crippen LogP contribution in [0.15, 0.2) is 104 Å². The first-order valence-electron chi connectivity index (χ1n) is 11.5. The Morgan fingerprint density at radius 2 is 1.08 bits per heavy atom. The van der Waals surface area contributed by atoms with Gasteiger partial charge >= 0.3 is 12.2 Å². The van der Waals surface area contributed by atoms with E-state index in [1.54, 1.807) is 7.05 Å². The lowest BCUT2D eigenvalue weighted by atomic mass is 9.98. The highest BCUT2D eigenvalue weighted by Crippen LogP contribution is 2.44. The molecule has 0 aliphatic heterocycles. The lowest BCUT2D eigenvalue weighted by Gasteiger charge is -2.13. The van der Waals surface area contributed by atoms with E-state index in [0.29, 0.717) is 6.61 Å².